The zero-order chi connectivity index (χ0) is 33.5. The molecule has 1 aliphatic carbocycles. The third kappa shape index (κ3) is 6.80. The molecule has 1 saturated carbocycles. The monoisotopic (exact) mass is 687 g/mol. The number of nitrogens with one attached hydrogen (secondary N) is 1. The number of aromatic nitrogens is 3. The van der Waals surface area contributed by atoms with Gasteiger partial charge < -0.3 is 24.1 Å². The summed E-state index contributed by atoms with van der Waals surface area (Å²) in [6.07, 6.45) is 6.96. The predicted octanol–water partition coefficient (Wildman–Crippen LogP) is 7.26. The molecule has 11 heteroatoms. The van der Waals surface area contributed by atoms with Crippen molar-refractivity contribution in [2.24, 2.45) is 5.92 Å². The Morgan fingerprint density at radius 2 is 1.88 bits per heavy atom. The molecular formula is C38H43ClFN5O4. The van der Waals surface area contributed by atoms with Crippen molar-refractivity contribution >= 4 is 34.2 Å². The molecule has 2 atom stereocenters. The van der Waals surface area contributed by atoms with Crippen LogP contribution in [0.2, 0.25) is 5.02 Å². The summed E-state index contributed by atoms with van der Waals surface area (Å²) in [6.45, 7) is 6.32. The number of hydrogen-bond acceptors (Lipinski definition) is 7. The molecule has 1 unspecified atom stereocenters. The Balaban J connectivity index is 0.927. The molecule has 1 N–H and O–H groups in total. The first-order valence-corrected chi connectivity index (χ1v) is 18.1. The van der Waals surface area contributed by atoms with Crippen LogP contribution in [0, 0.1) is 11.7 Å². The van der Waals surface area contributed by atoms with Crippen LogP contribution in [0.25, 0.3) is 11.0 Å². The number of pyridine rings is 1. The van der Waals surface area contributed by atoms with Gasteiger partial charge in [0.2, 0.25) is 5.88 Å². The second-order valence-corrected chi connectivity index (χ2v) is 14.6. The number of amides is 1. The fraction of sp³-hybridized carbons (Fsp3) is 0.500. The smallest absolute Gasteiger partial charge is 0.256 e. The Kier molecular flexibility index (Phi) is 9.07. The number of rotatable bonds is 10. The van der Waals surface area contributed by atoms with Crippen molar-refractivity contribution in [3.63, 3.8) is 0 Å². The summed E-state index contributed by atoms with van der Waals surface area (Å²) in [5.74, 6) is 1.96. The van der Waals surface area contributed by atoms with E-state index in [0.29, 0.717) is 28.3 Å². The molecule has 4 aromatic rings. The van der Waals surface area contributed by atoms with Gasteiger partial charge in [0.05, 0.1) is 36.3 Å². The summed E-state index contributed by atoms with van der Waals surface area (Å²) < 4.78 is 34.5. The third-order valence-corrected chi connectivity index (χ3v) is 11.3. The molecule has 4 aliphatic heterocycles. The molecule has 2 bridgehead atoms. The van der Waals surface area contributed by atoms with Crippen molar-refractivity contribution in [2.75, 3.05) is 25.0 Å². The molecule has 2 aromatic carbocycles. The zero-order valence-corrected chi connectivity index (χ0v) is 28.6. The second-order valence-electron chi connectivity index (χ2n) is 14.2. The van der Waals surface area contributed by atoms with Crippen molar-refractivity contribution in [3.05, 3.63) is 82.5 Å². The molecule has 0 radical (unpaired) electrons. The first-order chi connectivity index (χ1) is 23.8. The average Bonchev–Trinajstić information content (AvgIpc) is 3.42. The number of nitrogens with zero attached hydrogens (tertiary/aromatic N) is 4. The van der Waals surface area contributed by atoms with E-state index in [1.807, 2.05) is 24.3 Å². The van der Waals surface area contributed by atoms with Gasteiger partial charge in [0, 0.05) is 40.6 Å². The van der Waals surface area contributed by atoms with E-state index >= 15 is 0 Å². The quantitative estimate of drug-likeness (QED) is 0.188. The van der Waals surface area contributed by atoms with E-state index in [-0.39, 0.29) is 30.5 Å². The summed E-state index contributed by atoms with van der Waals surface area (Å²) in [7, 11) is 0. The normalized spacial score (nSPS) is 25.7. The van der Waals surface area contributed by atoms with Gasteiger partial charge in [-0.1, -0.05) is 23.7 Å². The van der Waals surface area contributed by atoms with Crippen LogP contribution in [0.4, 0.5) is 10.1 Å². The highest BCUT2D eigenvalue weighted by Crippen LogP contribution is 2.45. The van der Waals surface area contributed by atoms with Crippen molar-refractivity contribution in [3.8, 4) is 5.88 Å². The number of ether oxygens (including phenoxy) is 3. The number of benzene rings is 2. The minimum absolute atomic E-state index is 0.0377. The molecule has 5 aliphatic rings. The summed E-state index contributed by atoms with van der Waals surface area (Å²) in [5, 5.41) is 3.53. The molecule has 1 amide bonds. The highest BCUT2D eigenvalue weighted by atomic mass is 35.5. The molecule has 9 nitrogen and oxygen atoms in total. The van der Waals surface area contributed by atoms with Crippen LogP contribution >= 0.6 is 11.6 Å². The Morgan fingerprint density at radius 3 is 2.61 bits per heavy atom. The van der Waals surface area contributed by atoms with Gasteiger partial charge in [-0.3, -0.25) is 9.69 Å². The van der Waals surface area contributed by atoms with E-state index in [1.165, 1.54) is 6.07 Å². The fourth-order valence-electron chi connectivity index (χ4n) is 8.00. The van der Waals surface area contributed by atoms with E-state index in [2.05, 4.69) is 33.8 Å². The molecule has 258 valence electrons. The maximum Gasteiger partial charge on any atom is 0.256 e. The molecule has 2 aromatic heterocycles. The number of anilines is 1. The predicted molar refractivity (Wildman–Crippen MR) is 185 cm³/mol. The van der Waals surface area contributed by atoms with Crippen LogP contribution in [0.1, 0.15) is 74.9 Å². The molecule has 4 saturated heterocycles. The van der Waals surface area contributed by atoms with Gasteiger partial charge in [0.15, 0.2) is 0 Å². The molecule has 49 heavy (non-hydrogen) atoms. The zero-order valence-electron chi connectivity index (χ0n) is 27.9. The maximum absolute atomic E-state index is 14.2. The van der Waals surface area contributed by atoms with E-state index in [4.69, 9.17) is 35.8 Å². The Bertz CT molecular complexity index is 1830. The van der Waals surface area contributed by atoms with Crippen molar-refractivity contribution in [2.45, 2.75) is 95.3 Å². The van der Waals surface area contributed by atoms with Crippen LogP contribution in [0.3, 0.4) is 0 Å². The lowest BCUT2D eigenvalue weighted by atomic mass is 9.72. The number of carbonyl (C=O) groups is 1. The summed E-state index contributed by atoms with van der Waals surface area (Å²) in [4.78, 5) is 25.9. The molecule has 6 heterocycles. The van der Waals surface area contributed by atoms with Gasteiger partial charge in [0.1, 0.15) is 23.8 Å². The highest BCUT2D eigenvalue weighted by Gasteiger charge is 2.50. The first-order valence-electron chi connectivity index (χ1n) is 17.7. The average molecular weight is 688 g/mol. The number of halogens is 2. The van der Waals surface area contributed by atoms with Gasteiger partial charge in [-0.2, -0.15) is 0 Å². The number of hydrogen-bond donors (Lipinski definition) is 1. The number of carbonyl (C=O) groups excluding carboxylic acids is 1. The molecule has 9 rings (SSSR count). The van der Waals surface area contributed by atoms with Gasteiger partial charge in [-0.15, -0.1) is 0 Å². The van der Waals surface area contributed by atoms with E-state index in [0.717, 1.165) is 106 Å². The summed E-state index contributed by atoms with van der Waals surface area (Å²) in [6, 6.07) is 16.5. The lowest BCUT2D eigenvalue weighted by Gasteiger charge is -2.48. The molecular weight excluding hydrogens is 645 g/mol. The van der Waals surface area contributed by atoms with E-state index < -0.39 is 5.60 Å². The summed E-state index contributed by atoms with van der Waals surface area (Å²) in [5.41, 5.74) is 3.40. The number of piperidine rings is 1. The maximum atomic E-state index is 14.2. The van der Waals surface area contributed by atoms with Crippen LogP contribution in [0.5, 0.6) is 5.88 Å². The largest absolute Gasteiger partial charge is 0.473 e. The minimum Gasteiger partial charge on any atom is -0.473 e. The van der Waals surface area contributed by atoms with Gasteiger partial charge in [-0.05, 0) is 107 Å². The number of likely N-dealkylation sites (tertiary alicyclic amines) is 1. The van der Waals surface area contributed by atoms with E-state index in [1.54, 1.807) is 12.1 Å². The number of fused-ring (bicyclic) bond motifs is 4. The lowest BCUT2D eigenvalue weighted by Crippen LogP contribution is -2.56. The van der Waals surface area contributed by atoms with Gasteiger partial charge in [-0.25, -0.2) is 14.4 Å². The van der Waals surface area contributed by atoms with E-state index in [9.17, 15) is 9.18 Å². The number of imidazole rings is 1. The third-order valence-electron chi connectivity index (χ3n) is 11.1. The fourth-order valence-corrected chi connectivity index (χ4v) is 8.16. The standard InChI is InChI=1S/C38H43ClFN5O4/c1-24-25-9-14-38(49-24,15-10-25)37(46)41-29-7-8-34-33(20-29)42-35(45(34)21-30-13-18-47-30)22-44-16-11-26(12-17-44)32-3-2-4-36(43-32)48-23-27-5-6-28(39)19-31(27)40/h2-8,19-20,24-26,30H,9-18,21-23H2,1H3,(H,41,46)/t24?,25?,30-,38?/m0/s1. The van der Waals surface area contributed by atoms with Gasteiger partial charge in [0.25, 0.3) is 5.91 Å². The van der Waals surface area contributed by atoms with Crippen LogP contribution in [-0.2, 0) is 34.0 Å². The van der Waals surface area contributed by atoms with Crippen LogP contribution < -0.4 is 10.1 Å². The van der Waals surface area contributed by atoms with Crippen molar-refractivity contribution in [1.82, 2.24) is 19.4 Å². The van der Waals surface area contributed by atoms with Crippen LogP contribution in [-0.4, -0.2) is 62.8 Å². The lowest BCUT2D eigenvalue weighted by molar-refractivity contribution is -0.191. The molecule has 5 fully saturated rings. The van der Waals surface area contributed by atoms with Gasteiger partial charge >= 0.3 is 0 Å². The van der Waals surface area contributed by atoms with Crippen molar-refractivity contribution in [1.29, 1.82) is 0 Å². The minimum atomic E-state index is -0.720. The molecule has 0 spiro atoms. The Morgan fingerprint density at radius 1 is 1.06 bits per heavy atom. The summed E-state index contributed by atoms with van der Waals surface area (Å²) >= 11 is 5.88. The Hall–Kier alpha value is -3.57. The van der Waals surface area contributed by atoms with Crippen molar-refractivity contribution < 1.29 is 23.4 Å². The SMILES string of the molecule is CC1OC2(C(=O)Nc3ccc4c(c3)nc(CN3CCC(c5cccc(OCc6ccc(Cl)cc6F)n5)CC3)n4C[C@@H]3CCO3)CCC1CC2. The second kappa shape index (κ2) is 13.6. The first kappa shape index (κ1) is 32.6. The topological polar surface area (TPSA) is 90.7 Å². The highest BCUT2D eigenvalue weighted by molar-refractivity contribution is 6.30. The Labute approximate surface area is 291 Å². The van der Waals surface area contributed by atoms with Crippen LogP contribution in [0.15, 0.2) is 54.6 Å².